The molecule has 1 saturated heterocycles. The normalized spacial score (nSPS) is 31.2. The molecule has 1 aliphatic carbocycles. The minimum atomic E-state index is 0.612. The van der Waals surface area contributed by atoms with Crippen LogP contribution in [0.1, 0.15) is 47.0 Å². The van der Waals surface area contributed by atoms with E-state index in [9.17, 15) is 0 Å². The molecule has 1 heterocycles. The average Bonchev–Trinajstić information content (AvgIpc) is 3.11. The van der Waals surface area contributed by atoms with Crippen LogP contribution in [0.15, 0.2) is 0 Å². The fraction of sp³-hybridized carbons (Fsp3) is 1.00. The van der Waals surface area contributed by atoms with E-state index in [1.807, 2.05) is 0 Å². The van der Waals surface area contributed by atoms with Gasteiger partial charge in [-0.15, -0.1) is 0 Å². The Kier molecular flexibility index (Phi) is 5.05. The highest BCUT2D eigenvalue weighted by Gasteiger charge is 2.38. The van der Waals surface area contributed by atoms with Crippen molar-refractivity contribution < 1.29 is 0 Å². The van der Waals surface area contributed by atoms with Crippen LogP contribution in [-0.4, -0.2) is 60.1 Å². The van der Waals surface area contributed by atoms with Gasteiger partial charge < -0.3 is 10.2 Å². The number of likely N-dealkylation sites (tertiary alicyclic amines) is 1. The van der Waals surface area contributed by atoms with Crippen LogP contribution in [0, 0.1) is 0 Å². The first kappa shape index (κ1) is 14.3. The molecule has 0 aromatic heterocycles. The Bertz CT molecular complexity index is 248. The van der Waals surface area contributed by atoms with E-state index in [-0.39, 0.29) is 0 Å². The highest BCUT2D eigenvalue weighted by atomic mass is 15.3. The Balaban J connectivity index is 1.72. The Morgan fingerprint density at radius 3 is 2.50 bits per heavy atom. The highest BCUT2D eigenvalue weighted by molar-refractivity contribution is 4.96. The molecule has 0 radical (unpaired) electrons. The lowest BCUT2D eigenvalue weighted by atomic mass is 10.1. The molecule has 0 spiro atoms. The molecule has 0 aromatic carbocycles. The fourth-order valence-electron chi connectivity index (χ4n) is 3.42. The van der Waals surface area contributed by atoms with Crippen LogP contribution in [0.5, 0.6) is 0 Å². The van der Waals surface area contributed by atoms with Gasteiger partial charge in [0.15, 0.2) is 0 Å². The summed E-state index contributed by atoms with van der Waals surface area (Å²) in [6.07, 6.45) is 4.21. The maximum atomic E-state index is 3.84. The lowest BCUT2D eigenvalue weighted by Crippen LogP contribution is -2.45. The van der Waals surface area contributed by atoms with Crippen LogP contribution in [0.3, 0.4) is 0 Å². The molecular formula is C15H31N3. The van der Waals surface area contributed by atoms with Crippen molar-refractivity contribution in [1.29, 1.82) is 0 Å². The lowest BCUT2D eigenvalue weighted by Gasteiger charge is -2.26. The summed E-state index contributed by atoms with van der Waals surface area (Å²) >= 11 is 0. The molecule has 1 saturated carbocycles. The molecule has 0 bridgehead atoms. The van der Waals surface area contributed by atoms with Gasteiger partial charge in [-0.25, -0.2) is 0 Å². The molecule has 1 N–H and O–H groups in total. The third-order valence-corrected chi connectivity index (χ3v) is 4.59. The first-order chi connectivity index (χ1) is 8.63. The smallest absolute Gasteiger partial charge is 0.0213 e. The van der Waals surface area contributed by atoms with Crippen molar-refractivity contribution in [3.05, 3.63) is 0 Å². The third kappa shape index (κ3) is 3.69. The zero-order chi connectivity index (χ0) is 13.1. The van der Waals surface area contributed by atoms with Gasteiger partial charge in [0.1, 0.15) is 0 Å². The van der Waals surface area contributed by atoms with Crippen LogP contribution in [-0.2, 0) is 0 Å². The summed E-state index contributed by atoms with van der Waals surface area (Å²) in [5.41, 5.74) is 0. The van der Waals surface area contributed by atoms with E-state index in [0.29, 0.717) is 12.1 Å². The summed E-state index contributed by atoms with van der Waals surface area (Å²) in [4.78, 5) is 5.23. The van der Waals surface area contributed by atoms with Crippen LogP contribution in [0.2, 0.25) is 0 Å². The fourth-order valence-corrected chi connectivity index (χ4v) is 3.42. The number of rotatable bonds is 7. The molecule has 2 fully saturated rings. The summed E-state index contributed by atoms with van der Waals surface area (Å²) < 4.78 is 0. The maximum Gasteiger partial charge on any atom is 0.0213 e. The van der Waals surface area contributed by atoms with E-state index in [1.54, 1.807) is 0 Å². The molecule has 2 aliphatic rings. The Hall–Kier alpha value is -0.120. The van der Waals surface area contributed by atoms with E-state index in [4.69, 9.17) is 0 Å². The van der Waals surface area contributed by atoms with Crippen molar-refractivity contribution in [2.24, 2.45) is 0 Å². The first-order valence-corrected chi connectivity index (χ1v) is 7.88. The van der Waals surface area contributed by atoms with Crippen LogP contribution < -0.4 is 5.32 Å². The van der Waals surface area contributed by atoms with E-state index < -0.39 is 0 Å². The van der Waals surface area contributed by atoms with Crippen LogP contribution in [0.25, 0.3) is 0 Å². The van der Waals surface area contributed by atoms with Crippen molar-refractivity contribution in [2.45, 2.75) is 71.1 Å². The van der Waals surface area contributed by atoms with Gasteiger partial charge in [0.25, 0.3) is 0 Å². The monoisotopic (exact) mass is 253 g/mol. The zero-order valence-electron chi connectivity index (χ0n) is 12.7. The molecule has 106 valence electrons. The summed E-state index contributed by atoms with van der Waals surface area (Å²) in [6.45, 7) is 14.0. The Labute approximate surface area is 113 Å². The van der Waals surface area contributed by atoms with E-state index in [1.165, 1.54) is 32.4 Å². The van der Waals surface area contributed by atoms with Gasteiger partial charge in [-0.05, 0) is 46.2 Å². The van der Waals surface area contributed by atoms with Gasteiger partial charge in [0, 0.05) is 37.3 Å². The van der Waals surface area contributed by atoms with Gasteiger partial charge in [-0.2, -0.15) is 0 Å². The number of nitrogens with zero attached hydrogens (tertiary/aromatic N) is 2. The maximum absolute atomic E-state index is 3.84. The molecule has 1 aliphatic heterocycles. The number of likely N-dealkylation sites (N-methyl/N-ethyl adjacent to an activating group) is 1. The van der Waals surface area contributed by atoms with Gasteiger partial charge in [0.05, 0.1) is 0 Å². The van der Waals surface area contributed by atoms with Crippen molar-refractivity contribution >= 4 is 0 Å². The second kappa shape index (κ2) is 6.36. The van der Waals surface area contributed by atoms with Gasteiger partial charge in [0.2, 0.25) is 0 Å². The third-order valence-electron chi connectivity index (χ3n) is 4.59. The molecule has 2 rings (SSSR count). The largest absolute Gasteiger partial charge is 0.309 e. The van der Waals surface area contributed by atoms with Crippen molar-refractivity contribution in [3.63, 3.8) is 0 Å². The summed E-state index contributed by atoms with van der Waals surface area (Å²) in [5, 5.41) is 3.84. The van der Waals surface area contributed by atoms with E-state index >= 15 is 0 Å². The van der Waals surface area contributed by atoms with Crippen LogP contribution in [0.4, 0.5) is 0 Å². The molecule has 0 amide bonds. The van der Waals surface area contributed by atoms with Crippen molar-refractivity contribution in [2.75, 3.05) is 26.2 Å². The van der Waals surface area contributed by atoms with Crippen LogP contribution >= 0.6 is 0 Å². The zero-order valence-corrected chi connectivity index (χ0v) is 12.7. The molecular weight excluding hydrogens is 222 g/mol. The Morgan fingerprint density at radius 2 is 1.94 bits per heavy atom. The number of nitrogens with one attached hydrogen (secondary N) is 1. The number of hydrogen-bond donors (Lipinski definition) is 1. The van der Waals surface area contributed by atoms with Gasteiger partial charge >= 0.3 is 0 Å². The molecule has 3 atom stereocenters. The second-order valence-corrected chi connectivity index (χ2v) is 6.26. The summed E-state index contributed by atoms with van der Waals surface area (Å²) in [7, 11) is 0. The molecule has 3 heteroatoms. The average molecular weight is 253 g/mol. The Morgan fingerprint density at radius 1 is 1.28 bits per heavy atom. The first-order valence-electron chi connectivity index (χ1n) is 7.88. The SMILES string of the molecule is CCN(CC)CC(C)NC1CC(C)N(C2CC2)C1. The molecule has 3 unspecified atom stereocenters. The summed E-state index contributed by atoms with van der Waals surface area (Å²) in [5.74, 6) is 0. The standard InChI is InChI=1S/C15H31N3/c1-5-17(6-2)10-12(3)16-14-9-13(4)18(11-14)15-7-8-15/h12-16H,5-11H2,1-4H3. The molecule has 3 nitrogen and oxygen atoms in total. The second-order valence-electron chi connectivity index (χ2n) is 6.26. The quantitative estimate of drug-likeness (QED) is 0.748. The predicted octanol–water partition coefficient (Wildman–Crippen LogP) is 1.93. The van der Waals surface area contributed by atoms with Crippen molar-refractivity contribution in [3.8, 4) is 0 Å². The van der Waals surface area contributed by atoms with Crippen molar-refractivity contribution in [1.82, 2.24) is 15.1 Å². The number of hydrogen-bond acceptors (Lipinski definition) is 3. The van der Waals surface area contributed by atoms with Gasteiger partial charge in [-0.1, -0.05) is 13.8 Å². The van der Waals surface area contributed by atoms with E-state index in [2.05, 4.69) is 42.8 Å². The molecule has 18 heavy (non-hydrogen) atoms. The summed E-state index contributed by atoms with van der Waals surface area (Å²) in [6, 6.07) is 3.04. The minimum Gasteiger partial charge on any atom is -0.309 e. The lowest BCUT2D eigenvalue weighted by molar-refractivity contribution is 0.245. The van der Waals surface area contributed by atoms with E-state index in [0.717, 1.165) is 25.2 Å². The highest BCUT2D eigenvalue weighted by Crippen LogP contribution is 2.33. The predicted molar refractivity (Wildman–Crippen MR) is 78.0 cm³/mol. The topological polar surface area (TPSA) is 18.5 Å². The minimum absolute atomic E-state index is 0.612. The molecule has 0 aromatic rings. The van der Waals surface area contributed by atoms with Gasteiger partial charge in [-0.3, -0.25) is 4.90 Å².